The summed E-state index contributed by atoms with van der Waals surface area (Å²) >= 11 is 0. The molecule has 1 N–H and O–H groups in total. The van der Waals surface area contributed by atoms with Gasteiger partial charge >= 0.3 is 11.9 Å². The third kappa shape index (κ3) is 60.6. The van der Waals surface area contributed by atoms with E-state index in [1.807, 2.05) is 0 Å². The molecule has 0 aromatic heterocycles. The van der Waals surface area contributed by atoms with Crippen LogP contribution in [0.4, 0.5) is 0 Å². The number of carbonyl (C=O) groups excluding carboxylic acids is 2. The van der Waals surface area contributed by atoms with E-state index in [0.717, 1.165) is 116 Å². The van der Waals surface area contributed by atoms with Crippen molar-refractivity contribution in [3.05, 3.63) is 134 Å². The predicted octanol–water partition coefficient (Wildman–Crippen LogP) is 21.2. The Kier molecular flexibility index (Phi) is 59.9. The minimum absolute atomic E-state index is 0.0772. The molecule has 0 rings (SSSR count). The van der Waals surface area contributed by atoms with E-state index >= 15 is 0 Å². The SMILES string of the molecule is CC/C=C\C/C=C\C/C=C\C/C=C\C/C=C\C/C=C\CCCCCCCCC(=O)OC(CO)COC(=O)CCCCCCCCCCCCCCCCCCCCC/C=C\C/C=C\C/C=C\C/C=C\C/C=C\CC. The van der Waals surface area contributed by atoms with Crippen molar-refractivity contribution in [1.82, 2.24) is 0 Å². The molecule has 0 heterocycles. The number of hydrogen-bond acceptors (Lipinski definition) is 5. The molecule has 0 radical (unpaired) electrons. The Labute approximate surface area is 457 Å². The summed E-state index contributed by atoms with van der Waals surface area (Å²) in [6, 6.07) is 0. The molecule has 5 heteroatoms. The third-order valence-corrected chi connectivity index (χ3v) is 12.9. The topological polar surface area (TPSA) is 72.8 Å². The lowest BCUT2D eigenvalue weighted by Gasteiger charge is -2.15. The maximum atomic E-state index is 12.3. The predicted molar refractivity (Wildman–Crippen MR) is 324 cm³/mol. The number of aliphatic hydroxyl groups excluding tert-OH is 1. The first-order chi connectivity index (χ1) is 36.6. The van der Waals surface area contributed by atoms with Crippen LogP contribution in [0.3, 0.4) is 0 Å². The van der Waals surface area contributed by atoms with Gasteiger partial charge in [-0.05, 0) is 109 Å². The highest BCUT2D eigenvalue weighted by Gasteiger charge is 2.16. The molecular weight excluding hydrogens is 909 g/mol. The number of allylic oxidation sites excluding steroid dienone is 22. The van der Waals surface area contributed by atoms with Crippen LogP contribution < -0.4 is 0 Å². The van der Waals surface area contributed by atoms with Crippen LogP contribution >= 0.6 is 0 Å². The minimum Gasteiger partial charge on any atom is -0.462 e. The summed E-state index contributed by atoms with van der Waals surface area (Å²) in [7, 11) is 0. The number of hydrogen-bond donors (Lipinski definition) is 1. The largest absolute Gasteiger partial charge is 0.462 e. The van der Waals surface area contributed by atoms with Gasteiger partial charge in [-0.2, -0.15) is 0 Å². The van der Waals surface area contributed by atoms with Gasteiger partial charge in [-0.25, -0.2) is 0 Å². The van der Waals surface area contributed by atoms with Crippen molar-refractivity contribution in [3.8, 4) is 0 Å². The lowest BCUT2D eigenvalue weighted by atomic mass is 10.0. The number of rotatable bonds is 55. The smallest absolute Gasteiger partial charge is 0.306 e. The third-order valence-electron chi connectivity index (χ3n) is 12.9. The van der Waals surface area contributed by atoms with Crippen LogP contribution in [-0.4, -0.2) is 36.4 Å². The summed E-state index contributed by atoms with van der Waals surface area (Å²) in [6.07, 6.45) is 94.4. The monoisotopic (exact) mass is 1020 g/mol. The second-order valence-corrected chi connectivity index (χ2v) is 20.0. The molecule has 0 saturated carbocycles. The fourth-order valence-corrected chi connectivity index (χ4v) is 8.41. The van der Waals surface area contributed by atoms with Crippen LogP contribution in [0.15, 0.2) is 134 Å². The van der Waals surface area contributed by atoms with Gasteiger partial charge in [0.05, 0.1) is 6.61 Å². The fraction of sp³-hybridized carbons (Fsp3) is 0.652. The van der Waals surface area contributed by atoms with Crippen molar-refractivity contribution in [2.24, 2.45) is 0 Å². The molecule has 0 spiro atoms. The molecule has 0 aromatic carbocycles. The summed E-state index contributed by atoms with van der Waals surface area (Å²) in [5.41, 5.74) is 0. The Morgan fingerprint density at radius 1 is 0.311 bits per heavy atom. The first kappa shape index (κ1) is 70.0. The molecule has 0 aliphatic carbocycles. The van der Waals surface area contributed by atoms with Gasteiger partial charge in [0.25, 0.3) is 0 Å². The van der Waals surface area contributed by atoms with E-state index in [9.17, 15) is 14.7 Å². The molecule has 0 saturated heterocycles. The molecule has 0 fully saturated rings. The van der Waals surface area contributed by atoms with Gasteiger partial charge < -0.3 is 14.6 Å². The first-order valence-electron chi connectivity index (χ1n) is 30.7. The number of aliphatic hydroxyl groups is 1. The van der Waals surface area contributed by atoms with Crippen molar-refractivity contribution in [2.45, 2.75) is 277 Å². The first-order valence-corrected chi connectivity index (χ1v) is 30.7. The van der Waals surface area contributed by atoms with Crippen molar-refractivity contribution in [2.75, 3.05) is 13.2 Å². The normalized spacial score (nSPS) is 13.2. The Bertz CT molecular complexity index is 1530. The maximum Gasteiger partial charge on any atom is 0.306 e. The van der Waals surface area contributed by atoms with Gasteiger partial charge in [-0.1, -0.05) is 282 Å². The number of carbonyl (C=O) groups is 2. The van der Waals surface area contributed by atoms with E-state index in [0.29, 0.717) is 12.8 Å². The lowest BCUT2D eigenvalue weighted by Crippen LogP contribution is -2.28. The highest BCUT2D eigenvalue weighted by atomic mass is 16.6. The second-order valence-electron chi connectivity index (χ2n) is 20.0. The Hall–Kier alpha value is -3.96. The number of esters is 2. The van der Waals surface area contributed by atoms with E-state index in [1.54, 1.807) is 0 Å². The van der Waals surface area contributed by atoms with Crippen molar-refractivity contribution < 1.29 is 24.2 Å². The van der Waals surface area contributed by atoms with Crippen molar-refractivity contribution in [1.29, 1.82) is 0 Å². The van der Waals surface area contributed by atoms with E-state index in [1.165, 1.54) is 128 Å². The van der Waals surface area contributed by atoms with Crippen LogP contribution in [0.25, 0.3) is 0 Å². The lowest BCUT2D eigenvalue weighted by molar-refractivity contribution is -0.161. The zero-order valence-electron chi connectivity index (χ0n) is 48.1. The Balaban J connectivity index is 3.51. The van der Waals surface area contributed by atoms with Crippen LogP contribution in [0.5, 0.6) is 0 Å². The van der Waals surface area contributed by atoms with E-state index in [2.05, 4.69) is 148 Å². The molecule has 5 nitrogen and oxygen atoms in total. The molecule has 0 bridgehead atoms. The molecule has 0 aliphatic rings. The van der Waals surface area contributed by atoms with E-state index < -0.39 is 6.10 Å². The van der Waals surface area contributed by atoms with Crippen molar-refractivity contribution in [3.63, 3.8) is 0 Å². The van der Waals surface area contributed by atoms with Crippen LogP contribution in [-0.2, 0) is 19.1 Å². The Morgan fingerprint density at radius 3 is 0.811 bits per heavy atom. The summed E-state index contributed by atoms with van der Waals surface area (Å²) in [4.78, 5) is 24.6. The van der Waals surface area contributed by atoms with Gasteiger partial charge in [0.1, 0.15) is 6.61 Å². The minimum atomic E-state index is -0.789. The van der Waals surface area contributed by atoms with Gasteiger partial charge in [-0.3, -0.25) is 9.59 Å². The average Bonchev–Trinajstić information content (AvgIpc) is 3.40. The molecule has 74 heavy (non-hydrogen) atoms. The summed E-state index contributed by atoms with van der Waals surface area (Å²) in [5.74, 6) is -0.607. The van der Waals surface area contributed by atoms with Crippen LogP contribution in [0.1, 0.15) is 271 Å². The Morgan fingerprint density at radius 2 is 0.541 bits per heavy atom. The molecular formula is C69H114O5. The summed E-state index contributed by atoms with van der Waals surface area (Å²) in [5, 5.41) is 9.67. The standard InChI is InChI=1S/C69H114O5/c1-3-5-7-9-11-13-15-17-19-21-23-25-27-29-30-31-32-33-34-35-36-37-38-40-41-43-45-47-49-51-53-55-57-59-61-63-68(71)73-66-67(65-70)74-69(72)64-62-60-58-56-54-52-50-48-46-44-42-39-28-26-24-22-20-18-16-14-12-10-8-6-4-2/h5-8,11-14,17-20,23-26,29-30,39,42,46,48,67,70H,3-4,9-10,15-16,21-22,27-28,31-38,40-41,43-45,47,49-66H2,1-2H3/b7-5-,8-6-,13-11-,14-12-,19-17-,20-18-,25-23-,26-24-,30-29-,42-39-,48-46-. The average molecular weight is 1020 g/mol. The van der Waals surface area contributed by atoms with E-state index in [-0.39, 0.29) is 25.2 Å². The molecule has 0 aliphatic heterocycles. The molecule has 0 aromatic rings. The molecule has 1 unspecified atom stereocenters. The number of unbranched alkanes of at least 4 members (excludes halogenated alkanes) is 25. The van der Waals surface area contributed by atoms with Crippen LogP contribution in [0.2, 0.25) is 0 Å². The zero-order chi connectivity index (χ0) is 53.4. The highest BCUT2D eigenvalue weighted by Crippen LogP contribution is 2.16. The molecule has 0 amide bonds. The zero-order valence-corrected chi connectivity index (χ0v) is 48.1. The second kappa shape index (κ2) is 63.3. The quantitative estimate of drug-likeness (QED) is 0.0373. The summed E-state index contributed by atoms with van der Waals surface area (Å²) < 4.78 is 10.7. The molecule has 420 valence electrons. The van der Waals surface area contributed by atoms with Gasteiger partial charge in [0, 0.05) is 12.8 Å². The van der Waals surface area contributed by atoms with Gasteiger partial charge in [0.15, 0.2) is 6.10 Å². The highest BCUT2D eigenvalue weighted by molar-refractivity contribution is 5.70. The molecule has 1 atom stereocenters. The van der Waals surface area contributed by atoms with Crippen molar-refractivity contribution >= 4 is 11.9 Å². The van der Waals surface area contributed by atoms with Crippen LogP contribution in [0, 0.1) is 0 Å². The fourth-order valence-electron chi connectivity index (χ4n) is 8.41. The van der Waals surface area contributed by atoms with E-state index in [4.69, 9.17) is 9.47 Å². The maximum absolute atomic E-state index is 12.3. The number of ether oxygens (including phenoxy) is 2. The van der Waals surface area contributed by atoms with Gasteiger partial charge in [-0.15, -0.1) is 0 Å². The summed E-state index contributed by atoms with van der Waals surface area (Å²) in [6.45, 7) is 3.91. The van der Waals surface area contributed by atoms with Gasteiger partial charge in [0.2, 0.25) is 0 Å².